The second kappa shape index (κ2) is 9.11. The van der Waals surface area contributed by atoms with Crippen molar-refractivity contribution in [2.75, 3.05) is 19.5 Å². The van der Waals surface area contributed by atoms with Gasteiger partial charge in [0.15, 0.2) is 0 Å². The summed E-state index contributed by atoms with van der Waals surface area (Å²) >= 11 is 6.17. The molecule has 0 bridgehead atoms. The molecule has 142 valence electrons. The number of rotatable bonds is 6. The molecule has 3 aromatic rings. The van der Waals surface area contributed by atoms with Crippen LogP contribution in [0.15, 0.2) is 72.8 Å². The summed E-state index contributed by atoms with van der Waals surface area (Å²) in [6.45, 7) is 0. The monoisotopic (exact) mass is 393 g/mol. The molecule has 3 rings (SSSR count). The van der Waals surface area contributed by atoms with Crippen LogP contribution in [-0.4, -0.2) is 20.1 Å². The smallest absolute Gasteiger partial charge is 0.256 e. The third-order valence-electron chi connectivity index (χ3n) is 4.17. The van der Waals surface area contributed by atoms with Gasteiger partial charge in [0.25, 0.3) is 5.91 Å². The first-order chi connectivity index (χ1) is 13.6. The van der Waals surface area contributed by atoms with Gasteiger partial charge in [-0.1, -0.05) is 54.1 Å². The van der Waals surface area contributed by atoms with E-state index in [1.165, 1.54) is 0 Å². The zero-order valence-electron chi connectivity index (χ0n) is 15.6. The lowest BCUT2D eigenvalue weighted by Crippen LogP contribution is -2.13. The Balaban J connectivity index is 1.93. The van der Waals surface area contributed by atoms with Crippen molar-refractivity contribution in [3.63, 3.8) is 0 Å². The number of methoxy groups -OCH3 is 2. The van der Waals surface area contributed by atoms with Crippen LogP contribution in [0.3, 0.4) is 0 Å². The van der Waals surface area contributed by atoms with Crippen molar-refractivity contribution in [2.45, 2.75) is 0 Å². The number of carbonyl (C=O) groups excluding carboxylic acids is 1. The van der Waals surface area contributed by atoms with E-state index in [1.54, 1.807) is 32.4 Å². The van der Waals surface area contributed by atoms with Gasteiger partial charge in [-0.2, -0.15) is 0 Å². The zero-order valence-corrected chi connectivity index (χ0v) is 16.4. The molecule has 0 spiro atoms. The molecular weight excluding hydrogens is 374 g/mol. The van der Waals surface area contributed by atoms with Crippen LogP contribution in [0.25, 0.3) is 11.6 Å². The second-order valence-corrected chi connectivity index (χ2v) is 6.41. The quantitative estimate of drug-likeness (QED) is 0.442. The number of hydrogen-bond acceptors (Lipinski definition) is 3. The number of benzene rings is 3. The zero-order chi connectivity index (χ0) is 19.9. The summed E-state index contributed by atoms with van der Waals surface area (Å²) in [6.07, 6.45) is 1.84. The molecule has 0 aromatic heterocycles. The van der Waals surface area contributed by atoms with Crippen LogP contribution in [0.1, 0.15) is 11.1 Å². The van der Waals surface area contributed by atoms with Crippen molar-refractivity contribution < 1.29 is 14.3 Å². The van der Waals surface area contributed by atoms with Crippen LogP contribution in [0.4, 0.5) is 5.69 Å². The third-order valence-corrected chi connectivity index (χ3v) is 4.46. The molecule has 0 aliphatic heterocycles. The number of anilines is 1. The molecule has 5 heteroatoms. The normalized spacial score (nSPS) is 11.0. The topological polar surface area (TPSA) is 47.6 Å². The molecule has 0 atom stereocenters. The Kier molecular flexibility index (Phi) is 6.35. The number of amides is 1. The van der Waals surface area contributed by atoms with E-state index in [2.05, 4.69) is 5.32 Å². The first kappa shape index (κ1) is 19.5. The van der Waals surface area contributed by atoms with Crippen molar-refractivity contribution in [3.05, 3.63) is 88.9 Å². The lowest BCUT2D eigenvalue weighted by Gasteiger charge is -2.11. The van der Waals surface area contributed by atoms with Crippen LogP contribution < -0.4 is 14.8 Å². The molecule has 0 aliphatic carbocycles. The van der Waals surface area contributed by atoms with Crippen LogP contribution in [0.2, 0.25) is 5.02 Å². The van der Waals surface area contributed by atoms with Crippen molar-refractivity contribution in [3.8, 4) is 11.5 Å². The number of hydrogen-bond donors (Lipinski definition) is 1. The lowest BCUT2D eigenvalue weighted by molar-refractivity contribution is -0.111. The first-order valence-corrected chi connectivity index (χ1v) is 9.04. The molecule has 0 heterocycles. The predicted molar refractivity (Wildman–Crippen MR) is 114 cm³/mol. The molecular formula is C23H20ClNO3. The van der Waals surface area contributed by atoms with Crippen LogP contribution in [0.5, 0.6) is 11.5 Å². The minimum Gasteiger partial charge on any atom is -0.497 e. The van der Waals surface area contributed by atoms with Gasteiger partial charge in [0.1, 0.15) is 11.5 Å². The average molecular weight is 394 g/mol. The minimum atomic E-state index is -0.233. The number of nitrogens with one attached hydrogen (secondary N) is 1. The number of carbonyl (C=O) groups is 1. The van der Waals surface area contributed by atoms with Crippen LogP contribution >= 0.6 is 11.6 Å². The maximum atomic E-state index is 13.0. The first-order valence-electron chi connectivity index (χ1n) is 8.67. The summed E-state index contributed by atoms with van der Waals surface area (Å²) in [5.74, 6) is 1.08. The predicted octanol–water partition coefficient (Wildman–Crippen LogP) is 5.54. The molecule has 0 saturated heterocycles. The average Bonchev–Trinajstić information content (AvgIpc) is 2.73. The van der Waals surface area contributed by atoms with Gasteiger partial charge in [-0.05, 0) is 47.5 Å². The van der Waals surface area contributed by atoms with E-state index in [-0.39, 0.29) is 5.91 Å². The molecule has 0 fully saturated rings. The summed E-state index contributed by atoms with van der Waals surface area (Å²) in [4.78, 5) is 13.0. The summed E-state index contributed by atoms with van der Waals surface area (Å²) in [5, 5.41) is 3.33. The second-order valence-electron chi connectivity index (χ2n) is 6.00. The lowest BCUT2D eigenvalue weighted by atomic mass is 10.0. The van der Waals surface area contributed by atoms with Crippen molar-refractivity contribution >= 4 is 34.8 Å². The van der Waals surface area contributed by atoms with Gasteiger partial charge >= 0.3 is 0 Å². The fourth-order valence-electron chi connectivity index (χ4n) is 2.71. The Morgan fingerprint density at radius 3 is 2.25 bits per heavy atom. The van der Waals surface area contributed by atoms with Gasteiger partial charge in [-0.3, -0.25) is 4.79 Å². The Hall–Kier alpha value is -3.24. The van der Waals surface area contributed by atoms with Crippen molar-refractivity contribution in [1.82, 2.24) is 0 Å². The van der Waals surface area contributed by atoms with Gasteiger partial charge in [-0.15, -0.1) is 0 Å². The number of ether oxygens (including phenoxy) is 2. The highest BCUT2D eigenvalue weighted by atomic mass is 35.5. The van der Waals surface area contributed by atoms with Gasteiger partial charge in [0.05, 0.1) is 19.2 Å². The largest absolute Gasteiger partial charge is 0.497 e. The molecule has 28 heavy (non-hydrogen) atoms. The van der Waals surface area contributed by atoms with E-state index >= 15 is 0 Å². The van der Waals surface area contributed by atoms with Gasteiger partial charge in [0, 0.05) is 11.3 Å². The van der Waals surface area contributed by atoms with Crippen molar-refractivity contribution in [1.29, 1.82) is 0 Å². The highest BCUT2D eigenvalue weighted by Gasteiger charge is 2.13. The summed E-state index contributed by atoms with van der Waals surface area (Å²) in [7, 11) is 3.16. The Morgan fingerprint density at radius 2 is 1.64 bits per heavy atom. The van der Waals surface area contributed by atoms with E-state index in [0.29, 0.717) is 22.0 Å². The summed E-state index contributed by atoms with van der Waals surface area (Å²) in [6, 6.07) is 22.1. The molecule has 0 aliphatic rings. The Labute approximate surface area is 169 Å². The highest BCUT2D eigenvalue weighted by Crippen LogP contribution is 2.28. The standard InChI is InChI=1S/C23H20ClNO3/c1-27-19-11-8-16(9-12-19)14-20(17-6-4-3-5-7-17)23(26)25-18-10-13-22(28-2)21(24)15-18/h3-15H,1-2H3,(H,25,26)/b20-14-. The fraction of sp³-hybridized carbons (Fsp3) is 0.0870. The van der Waals surface area contributed by atoms with E-state index < -0.39 is 0 Å². The Bertz CT molecular complexity index is 982. The molecule has 0 saturated carbocycles. The molecule has 4 nitrogen and oxygen atoms in total. The third kappa shape index (κ3) is 4.72. The highest BCUT2D eigenvalue weighted by molar-refractivity contribution is 6.33. The van der Waals surface area contributed by atoms with E-state index in [0.717, 1.165) is 16.9 Å². The van der Waals surface area contributed by atoms with Gasteiger partial charge in [-0.25, -0.2) is 0 Å². The van der Waals surface area contributed by atoms with Crippen LogP contribution in [-0.2, 0) is 4.79 Å². The molecule has 3 aromatic carbocycles. The van der Waals surface area contributed by atoms with E-state index in [9.17, 15) is 4.79 Å². The molecule has 0 radical (unpaired) electrons. The molecule has 0 unspecified atom stereocenters. The SMILES string of the molecule is COc1ccc(/C=C(\C(=O)Nc2ccc(OC)c(Cl)c2)c2ccccc2)cc1. The van der Waals surface area contributed by atoms with E-state index in [1.807, 2.05) is 60.7 Å². The summed E-state index contributed by atoms with van der Waals surface area (Å²) in [5.41, 5.74) is 2.84. The minimum absolute atomic E-state index is 0.233. The molecule has 1 amide bonds. The van der Waals surface area contributed by atoms with Gasteiger partial charge in [0.2, 0.25) is 0 Å². The number of halogens is 1. The fourth-order valence-corrected chi connectivity index (χ4v) is 2.96. The molecule has 1 N–H and O–H groups in total. The summed E-state index contributed by atoms with van der Waals surface area (Å²) < 4.78 is 10.3. The van der Waals surface area contributed by atoms with Crippen molar-refractivity contribution in [2.24, 2.45) is 0 Å². The Morgan fingerprint density at radius 1 is 0.929 bits per heavy atom. The van der Waals surface area contributed by atoms with E-state index in [4.69, 9.17) is 21.1 Å². The van der Waals surface area contributed by atoms with Gasteiger partial charge < -0.3 is 14.8 Å². The maximum Gasteiger partial charge on any atom is 0.256 e. The van der Waals surface area contributed by atoms with Crippen LogP contribution in [0, 0.1) is 0 Å². The maximum absolute atomic E-state index is 13.0.